The van der Waals surface area contributed by atoms with Gasteiger partial charge in [-0.25, -0.2) is 8.42 Å². The Labute approximate surface area is 189 Å². The van der Waals surface area contributed by atoms with E-state index < -0.39 is 21.7 Å². The van der Waals surface area contributed by atoms with Gasteiger partial charge in [-0.1, -0.05) is 35.5 Å². The van der Waals surface area contributed by atoms with Crippen LogP contribution in [0.5, 0.6) is 0 Å². The van der Waals surface area contributed by atoms with Gasteiger partial charge in [-0.15, -0.1) is 0 Å². The van der Waals surface area contributed by atoms with Gasteiger partial charge < -0.3 is 10.1 Å². The van der Waals surface area contributed by atoms with Gasteiger partial charge in [0.25, 0.3) is 11.7 Å². The molecule has 0 aromatic heterocycles. The van der Waals surface area contributed by atoms with Crippen LogP contribution in [0.25, 0.3) is 0 Å². The molecular formula is C20H21ClF2N2O4S2. The number of alkyl halides is 2. The van der Waals surface area contributed by atoms with Crippen LogP contribution >= 0.6 is 23.4 Å². The molecule has 2 aromatic carbocycles. The maximum Gasteiger partial charge on any atom is 0.289 e. The summed E-state index contributed by atoms with van der Waals surface area (Å²) in [4.78, 5) is 12.7. The maximum absolute atomic E-state index is 13.1. The lowest BCUT2D eigenvalue weighted by Crippen LogP contribution is -2.48. The monoisotopic (exact) mass is 490 g/mol. The van der Waals surface area contributed by atoms with E-state index in [1.165, 1.54) is 46.8 Å². The van der Waals surface area contributed by atoms with Crippen molar-refractivity contribution in [1.29, 1.82) is 0 Å². The number of nitrogens with zero attached hydrogens (tertiary/aromatic N) is 1. The van der Waals surface area contributed by atoms with Crippen LogP contribution in [0.3, 0.4) is 0 Å². The smallest absolute Gasteiger partial charge is 0.289 e. The van der Waals surface area contributed by atoms with Gasteiger partial charge in [0.05, 0.1) is 32.7 Å². The quantitative estimate of drug-likeness (QED) is 0.594. The molecule has 1 aliphatic heterocycles. The molecule has 0 spiro atoms. The number of rotatable bonds is 6. The number of sulfonamides is 1. The largest absolute Gasteiger partial charge is 0.373 e. The molecule has 2 atom stereocenters. The van der Waals surface area contributed by atoms with E-state index in [1.807, 2.05) is 0 Å². The third kappa shape index (κ3) is 5.75. The van der Waals surface area contributed by atoms with E-state index in [4.69, 9.17) is 16.3 Å². The first-order valence-electron chi connectivity index (χ1n) is 9.38. The Kier molecular flexibility index (Phi) is 7.59. The molecule has 0 saturated carbocycles. The van der Waals surface area contributed by atoms with Gasteiger partial charge in [0, 0.05) is 18.7 Å². The average molecular weight is 491 g/mol. The molecule has 0 bridgehead atoms. The van der Waals surface area contributed by atoms with Crippen molar-refractivity contribution in [2.75, 3.05) is 18.4 Å². The number of nitrogens with one attached hydrogen (secondary N) is 1. The fourth-order valence-corrected chi connectivity index (χ4v) is 5.83. The first-order valence-corrected chi connectivity index (χ1v) is 12.1. The summed E-state index contributed by atoms with van der Waals surface area (Å²) in [6, 6.07) is 10.00. The minimum absolute atomic E-state index is 0.0327. The van der Waals surface area contributed by atoms with Crippen LogP contribution in [0.4, 0.5) is 14.5 Å². The molecule has 0 aliphatic carbocycles. The summed E-state index contributed by atoms with van der Waals surface area (Å²) in [6.45, 7) is 4.00. The highest BCUT2D eigenvalue weighted by atomic mass is 35.5. The summed E-state index contributed by atoms with van der Waals surface area (Å²) < 4.78 is 58.8. The standard InChI is InChI=1S/C20H21ClF2N2O4S2/c1-12-10-25(11-13(2)29-12)31(27,28)15-6-3-5-14(9-15)19(26)24-17-8-4-7-16(21)18(17)30-20(22)23/h3-9,12-13,20H,10-11H2,1-2H3,(H,24,26). The molecule has 6 nitrogen and oxygen atoms in total. The second-order valence-electron chi connectivity index (χ2n) is 7.06. The van der Waals surface area contributed by atoms with E-state index in [-0.39, 0.29) is 63.1 Å². The zero-order chi connectivity index (χ0) is 22.8. The highest BCUT2D eigenvalue weighted by molar-refractivity contribution is 7.99. The van der Waals surface area contributed by atoms with Gasteiger partial charge >= 0.3 is 0 Å². The van der Waals surface area contributed by atoms with E-state index in [0.717, 1.165) is 0 Å². The summed E-state index contributed by atoms with van der Waals surface area (Å²) in [5.41, 5.74) is 0.190. The number of hydrogen-bond acceptors (Lipinski definition) is 5. The molecule has 3 rings (SSSR count). The number of benzene rings is 2. The van der Waals surface area contributed by atoms with Crippen molar-refractivity contribution in [2.24, 2.45) is 0 Å². The van der Waals surface area contributed by atoms with Crippen LogP contribution in [0, 0.1) is 0 Å². The molecule has 1 aliphatic rings. The number of amides is 1. The first-order chi connectivity index (χ1) is 14.6. The lowest BCUT2D eigenvalue weighted by molar-refractivity contribution is -0.0440. The molecule has 31 heavy (non-hydrogen) atoms. The number of morpholine rings is 1. The second-order valence-corrected chi connectivity index (χ2v) is 10.4. The van der Waals surface area contributed by atoms with E-state index in [0.29, 0.717) is 0 Å². The van der Waals surface area contributed by atoms with E-state index >= 15 is 0 Å². The average Bonchev–Trinajstić information content (AvgIpc) is 2.69. The van der Waals surface area contributed by atoms with Crippen molar-refractivity contribution in [3.63, 3.8) is 0 Å². The van der Waals surface area contributed by atoms with Crippen LogP contribution < -0.4 is 5.32 Å². The van der Waals surface area contributed by atoms with Crippen molar-refractivity contribution < 1.29 is 26.7 Å². The topological polar surface area (TPSA) is 75.7 Å². The molecule has 1 heterocycles. The lowest BCUT2D eigenvalue weighted by atomic mass is 10.2. The van der Waals surface area contributed by atoms with Crippen molar-refractivity contribution in [3.05, 3.63) is 53.1 Å². The lowest BCUT2D eigenvalue weighted by Gasteiger charge is -2.34. The fraction of sp³-hybridized carbons (Fsp3) is 0.350. The van der Waals surface area contributed by atoms with Gasteiger partial charge in [0.1, 0.15) is 0 Å². The van der Waals surface area contributed by atoms with Crippen molar-refractivity contribution in [1.82, 2.24) is 4.31 Å². The third-order valence-corrected chi connectivity index (χ3v) is 7.65. The number of halogens is 3. The molecule has 0 radical (unpaired) electrons. The Bertz CT molecular complexity index is 1060. The zero-order valence-corrected chi connectivity index (χ0v) is 19.1. The van der Waals surface area contributed by atoms with Crippen molar-refractivity contribution in [3.8, 4) is 0 Å². The summed E-state index contributed by atoms with van der Waals surface area (Å²) in [5.74, 6) is -3.36. The number of carbonyl (C=O) groups excluding carboxylic acids is 1. The molecule has 1 N–H and O–H groups in total. The van der Waals surface area contributed by atoms with Crippen LogP contribution in [-0.4, -0.2) is 49.7 Å². The van der Waals surface area contributed by atoms with Crippen LogP contribution in [0.2, 0.25) is 5.02 Å². The van der Waals surface area contributed by atoms with E-state index in [2.05, 4.69) is 5.32 Å². The Morgan fingerprint density at radius 1 is 1.19 bits per heavy atom. The maximum atomic E-state index is 13.1. The van der Waals surface area contributed by atoms with E-state index in [1.54, 1.807) is 13.8 Å². The molecule has 1 saturated heterocycles. The van der Waals surface area contributed by atoms with E-state index in [9.17, 15) is 22.0 Å². The molecule has 2 aromatic rings. The van der Waals surface area contributed by atoms with Gasteiger partial charge in [0.2, 0.25) is 10.0 Å². The normalized spacial score (nSPS) is 20.1. The summed E-state index contributed by atoms with van der Waals surface area (Å²) >= 11 is 6.22. The highest BCUT2D eigenvalue weighted by Crippen LogP contribution is 2.37. The summed E-state index contributed by atoms with van der Waals surface area (Å²) in [7, 11) is -3.84. The minimum atomic E-state index is -3.84. The van der Waals surface area contributed by atoms with Gasteiger partial charge in [0.15, 0.2) is 0 Å². The molecule has 11 heteroatoms. The predicted molar refractivity (Wildman–Crippen MR) is 116 cm³/mol. The van der Waals surface area contributed by atoms with Crippen LogP contribution in [0.1, 0.15) is 24.2 Å². The SMILES string of the molecule is CC1CN(S(=O)(=O)c2cccc(C(=O)Nc3cccc(Cl)c3SC(F)F)c2)CC(C)O1. The number of ether oxygens (including phenoxy) is 1. The fourth-order valence-electron chi connectivity index (χ4n) is 3.28. The zero-order valence-electron chi connectivity index (χ0n) is 16.7. The number of carbonyl (C=O) groups is 1. The molecule has 1 fully saturated rings. The molecule has 1 amide bonds. The Morgan fingerprint density at radius 2 is 1.84 bits per heavy atom. The number of hydrogen-bond donors (Lipinski definition) is 1. The van der Waals surface area contributed by atoms with Crippen molar-refractivity contribution in [2.45, 2.75) is 41.6 Å². The summed E-state index contributed by atoms with van der Waals surface area (Å²) in [5, 5.41) is 2.62. The molecule has 2 unspecified atom stereocenters. The van der Waals surface area contributed by atoms with Crippen LogP contribution in [-0.2, 0) is 14.8 Å². The third-order valence-electron chi connectivity index (χ3n) is 4.54. The molecular weight excluding hydrogens is 470 g/mol. The van der Waals surface area contributed by atoms with Crippen molar-refractivity contribution >= 4 is 45.0 Å². The predicted octanol–water partition coefficient (Wildman–Crippen LogP) is 4.70. The molecule has 168 valence electrons. The number of anilines is 1. The van der Waals surface area contributed by atoms with Gasteiger partial charge in [-0.3, -0.25) is 4.79 Å². The van der Waals surface area contributed by atoms with Crippen LogP contribution in [0.15, 0.2) is 52.3 Å². The minimum Gasteiger partial charge on any atom is -0.373 e. The first kappa shape index (κ1) is 23.9. The Balaban J connectivity index is 1.85. The van der Waals surface area contributed by atoms with Gasteiger partial charge in [-0.2, -0.15) is 13.1 Å². The number of thioether (sulfide) groups is 1. The highest BCUT2D eigenvalue weighted by Gasteiger charge is 2.32. The Morgan fingerprint density at radius 3 is 2.48 bits per heavy atom. The second kappa shape index (κ2) is 9.83. The van der Waals surface area contributed by atoms with Gasteiger partial charge in [-0.05, 0) is 44.2 Å². The summed E-state index contributed by atoms with van der Waals surface area (Å²) in [6.07, 6.45) is -0.503. The Hall–Kier alpha value is -1.72.